The van der Waals surface area contributed by atoms with Crippen LogP contribution in [0.2, 0.25) is 0 Å². The van der Waals surface area contributed by atoms with Gasteiger partial charge in [-0.2, -0.15) is 0 Å². The van der Waals surface area contributed by atoms with Crippen molar-refractivity contribution < 1.29 is 14.3 Å². The maximum atomic E-state index is 12.3. The van der Waals surface area contributed by atoms with E-state index >= 15 is 0 Å². The van der Waals surface area contributed by atoms with E-state index in [0.717, 1.165) is 30.2 Å². The van der Waals surface area contributed by atoms with Crippen LogP contribution in [0, 0.1) is 13.8 Å². The molecule has 5 heteroatoms. The van der Waals surface area contributed by atoms with E-state index < -0.39 is 0 Å². The highest BCUT2D eigenvalue weighted by Crippen LogP contribution is 2.26. The highest BCUT2D eigenvalue weighted by Gasteiger charge is 2.24. The van der Waals surface area contributed by atoms with Crippen LogP contribution in [0.3, 0.4) is 0 Å². The van der Waals surface area contributed by atoms with Crippen LogP contribution in [0.25, 0.3) is 0 Å². The average molecular weight is 383 g/mol. The van der Waals surface area contributed by atoms with Gasteiger partial charge in [0.25, 0.3) is 5.91 Å². The molecule has 1 aliphatic rings. The Kier molecular flexibility index (Phi) is 6.93. The number of carbonyl (C=O) groups is 1. The van der Waals surface area contributed by atoms with Crippen LogP contribution in [0.5, 0.6) is 11.5 Å². The zero-order valence-electron chi connectivity index (χ0n) is 17.0. The third-order valence-electron chi connectivity index (χ3n) is 5.42. The Morgan fingerprint density at radius 1 is 1.04 bits per heavy atom. The van der Waals surface area contributed by atoms with E-state index in [9.17, 15) is 4.79 Å². The molecule has 0 aliphatic carbocycles. The maximum absolute atomic E-state index is 12.3. The van der Waals surface area contributed by atoms with Gasteiger partial charge in [0, 0.05) is 6.54 Å². The largest absolute Gasteiger partial charge is 0.497 e. The zero-order valence-corrected chi connectivity index (χ0v) is 17.0. The summed E-state index contributed by atoms with van der Waals surface area (Å²) in [4.78, 5) is 14.8. The highest BCUT2D eigenvalue weighted by atomic mass is 16.5. The number of aryl methyl sites for hydroxylation is 2. The number of amides is 1. The van der Waals surface area contributed by atoms with Crippen molar-refractivity contribution in [3.05, 3.63) is 59.2 Å². The molecule has 0 saturated carbocycles. The molecule has 150 valence electrons. The molecule has 1 N–H and O–H groups in total. The zero-order chi connectivity index (χ0) is 19.9. The second-order valence-corrected chi connectivity index (χ2v) is 7.37. The molecule has 1 aliphatic heterocycles. The van der Waals surface area contributed by atoms with Crippen LogP contribution in [0.1, 0.15) is 35.6 Å². The first-order chi connectivity index (χ1) is 13.6. The number of nitrogens with zero attached hydrogens (tertiary/aromatic N) is 1. The molecular weight excluding hydrogens is 352 g/mol. The molecule has 1 atom stereocenters. The number of benzene rings is 2. The van der Waals surface area contributed by atoms with E-state index in [4.69, 9.17) is 9.47 Å². The fourth-order valence-electron chi connectivity index (χ4n) is 3.55. The van der Waals surface area contributed by atoms with E-state index in [1.54, 1.807) is 7.11 Å². The van der Waals surface area contributed by atoms with Crippen molar-refractivity contribution in [2.75, 3.05) is 33.4 Å². The van der Waals surface area contributed by atoms with Crippen LogP contribution >= 0.6 is 0 Å². The summed E-state index contributed by atoms with van der Waals surface area (Å²) in [5, 5.41) is 3.05. The number of methoxy groups -OCH3 is 1. The predicted octanol–water partition coefficient (Wildman–Crippen LogP) is 3.64. The molecule has 0 spiro atoms. The number of hydrogen-bond donors (Lipinski definition) is 1. The molecule has 1 fully saturated rings. The second-order valence-electron chi connectivity index (χ2n) is 7.37. The topological polar surface area (TPSA) is 50.8 Å². The van der Waals surface area contributed by atoms with E-state index in [-0.39, 0.29) is 18.6 Å². The lowest BCUT2D eigenvalue weighted by atomic mass is 10.1. The van der Waals surface area contributed by atoms with Gasteiger partial charge in [-0.25, -0.2) is 0 Å². The first-order valence-electron chi connectivity index (χ1n) is 9.91. The first-order valence-corrected chi connectivity index (χ1v) is 9.91. The summed E-state index contributed by atoms with van der Waals surface area (Å²) < 4.78 is 10.9. The third-order valence-corrected chi connectivity index (χ3v) is 5.42. The molecule has 0 bridgehead atoms. The van der Waals surface area contributed by atoms with Gasteiger partial charge >= 0.3 is 0 Å². The molecule has 5 nitrogen and oxygen atoms in total. The summed E-state index contributed by atoms with van der Waals surface area (Å²) in [6.07, 6.45) is 2.41. The number of likely N-dealkylation sites (tertiary alicyclic amines) is 1. The normalized spacial score (nSPS) is 15.2. The molecule has 3 rings (SSSR count). The van der Waals surface area contributed by atoms with Gasteiger partial charge in [0.1, 0.15) is 11.5 Å². The van der Waals surface area contributed by atoms with Crippen LogP contribution in [0.4, 0.5) is 0 Å². The minimum atomic E-state index is -0.101. The van der Waals surface area contributed by atoms with Crippen LogP contribution in [-0.4, -0.2) is 44.2 Å². The Bertz CT molecular complexity index is 783. The van der Waals surface area contributed by atoms with E-state index in [0.29, 0.717) is 6.54 Å². The summed E-state index contributed by atoms with van der Waals surface area (Å²) in [5.41, 5.74) is 3.56. The Labute approximate surface area is 167 Å². The van der Waals surface area contributed by atoms with Gasteiger partial charge in [0.15, 0.2) is 6.61 Å². The smallest absolute Gasteiger partial charge is 0.258 e. The summed E-state index contributed by atoms with van der Waals surface area (Å²) in [5.74, 6) is 1.47. The van der Waals surface area contributed by atoms with E-state index in [1.807, 2.05) is 37.3 Å². The van der Waals surface area contributed by atoms with Crippen molar-refractivity contribution in [1.82, 2.24) is 10.2 Å². The molecule has 0 unspecified atom stereocenters. The Balaban J connectivity index is 1.57. The second kappa shape index (κ2) is 9.60. The molecule has 1 saturated heterocycles. The highest BCUT2D eigenvalue weighted by molar-refractivity contribution is 5.77. The molecule has 0 aromatic heterocycles. The number of hydrogen-bond acceptors (Lipinski definition) is 4. The van der Waals surface area contributed by atoms with Crippen LogP contribution in [-0.2, 0) is 4.79 Å². The van der Waals surface area contributed by atoms with E-state index in [2.05, 4.69) is 29.3 Å². The minimum Gasteiger partial charge on any atom is -0.497 e. The van der Waals surface area contributed by atoms with Gasteiger partial charge in [-0.15, -0.1) is 0 Å². The standard InChI is InChI=1S/C23H30N2O3/c1-17-6-9-21(14-18(17)2)28-16-23(26)24-15-22(25-12-4-5-13-25)19-7-10-20(27-3)11-8-19/h6-11,14,22H,4-5,12-13,15-16H2,1-3H3,(H,24,26)/t22-/m0/s1. The molecule has 28 heavy (non-hydrogen) atoms. The molecule has 2 aromatic carbocycles. The number of carbonyl (C=O) groups excluding carboxylic acids is 1. The fourth-order valence-corrected chi connectivity index (χ4v) is 3.55. The van der Waals surface area contributed by atoms with Gasteiger partial charge < -0.3 is 14.8 Å². The van der Waals surface area contributed by atoms with Crippen LogP contribution in [0.15, 0.2) is 42.5 Å². The maximum Gasteiger partial charge on any atom is 0.258 e. The molecule has 2 aromatic rings. The summed E-state index contributed by atoms with van der Waals surface area (Å²) in [6, 6.07) is 14.2. The van der Waals surface area contributed by atoms with Gasteiger partial charge in [-0.1, -0.05) is 18.2 Å². The van der Waals surface area contributed by atoms with Crippen molar-refractivity contribution in [1.29, 1.82) is 0 Å². The van der Waals surface area contributed by atoms with Gasteiger partial charge in [0.05, 0.1) is 13.2 Å². The Hall–Kier alpha value is -2.53. The number of rotatable bonds is 8. The van der Waals surface area contributed by atoms with Crippen molar-refractivity contribution in [3.8, 4) is 11.5 Å². The van der Waals surface area contributed by atoms with Crippen molar-refractivity contribution in [3.63, 3.8) is 0 Å². The number of nitrogens with one attached hydrogen (secondary N) is 1. The lowest BCUT2D eigenvalue weighted by Gasteiger charge is -2.28. The summed E-state index contributed by atoms with van der Waals surface area (Å²) in [7, 11) is 1.67. The fraction of sp³-hybridized carbons (Fsp3) is 0.435. The van der Waals surface area contributed by atoms with Gasteiger partial charge in [0.2, 0.25) is 0 Å². The van der Waals surface area contributed by atoms with Crippen molar-refractivity contribution in [2.24, 2.45) is 0 Å². The van der Waals surface area contributed by atoms with Gasteiger partial charge in [-0.3, -0.25) is 9.69 Å². The Morgan fingerprint density at radius 2 is 1.71 bits per heavy atom. The van der Waals surface area contributed by atoms with Crippen LogP contribution < -0.4 is 14.8 Å². The Morgan fingerprint density at radius 3 is 2.36 bits per heavy atom. The van der Waals surface area contributed by atoms with Crippen molar-refractivity contribution in [2.45, 2.75) is 32.7 Å². The van der Waals surface area contributed by atoms with Crippen molar-refractivity contribution >= 4 is 5.91 Å². The summed E-state index contributed by atoms with van der Waals surface area (Å²) >= 11 is 0. The predicted molar refractivity (Wildman–Crippen MR) is 111 cm³/mol. The first kappa shape index (κ1) is 20.2. The lowest BCUT2D eigenvalue weighted by molar-refractivity contribution is -0.123. The number of ether oxygens (including phenoxy) is 2. The molecule has 1 heterocycles. The SMILES string of the molecule is COc1ccc([C@H](CNC(=O)COc2ccc(C)c(C)c2)N2CCCC2)cc1. The summed E-state index contributed by atoms with van der Waals surface area (Å²) in [6.45, 7) is 6.82. The molecule has 0 radical (unpaired) electrons. The van der Waals surface area contributed by atoms with E-state index in [1.165, 1.54) is 24.0 Å². The van der Waals surface area contributed by atoms with Gasteiger partial charge in [-0.05, 0) is 80.7 Å². The monoisotopic (exact) mass is 382 g/mol. The molecular formula is C23H30N2O3. The quantitative estimate of drug-likeness (QED) is 0.757. The molecule has 1 amide bonds. The lowest BCUT2D eigenvalue weighted by Crippen LogP contribution is -2.38. The third kappa shape index (κ3) is 5.26. The average Bonchev–Trinajstić information content (AvgIpc) is 3.24. The minimum absolute atomic E-state index is 0.0256.